The van der Waals surface area contributed by atoms with Gasteiger partial charge in [-0.15, -0.1) is 0 Å². The van der Waals surface area contributed by atoms with Crippen molar-refractivity contribution in [3.8, 4) is 16.9 Å². The molecule has 1 unspecified atom stereocenters. The summed E-state index contributed by atoms with van der Waals surface area (Å²) in [4.78, 5) is 22.5. The lowest BCUT2D eigenvalue weighted by molar-refractivity contribution is 0.107. The van der Waals surface area contributed by atoms with E-state index in [1.54, 1.807) is 7.11 Å². The van der Waals surface area contributed by atoms with E-state index >= 15 is 0 Å². The second kappa shape index (κ2) is 7.82. The summed E-state index contributed by atoms with van der Waals surface area (Å²) in [6.07, 6.45) is 0.489. The van der Waals surface area contributed by atoms with E-state index in [9.17, 15) is 9.90 Å². The van der Waals surface area contributed by atoms with Crippen molar-refractivity contribution in [2.45, 2.75) is 25.4 Å². The lowest BCUT2D eigenvalue weighted by Gasteiger charge is -2.38. The third-order valence-corrected chi connectivity index (χ3v) is 6.03. The summed E-state index contributed by atoms with van der Waals surface area (Å²) in [5.41, 5.74) is 9.13. The van der Waals surface area contributed by atoms with Crippen LogP contribution in [0.2, 0.25) is 0 Å². The van der Waals surface area contributed by atoms with Crippen molar-refractivity contribution in [1.82, 2.24) is 4.90 Å². The molecule has 1 amide bonds. The number of nitrogens with zero attached hydrogens (tertiary/aromatic N) is 3. The number of ether oxygens (including phenoxy) is 1. The van der Waals surface area contributed by atoms with Crippen LogP contribution >= 0.6 is 0 Å². The topological polar surface area (TPSA) is 101 Å². The largest absolute Gasteiger partial charge is 0.497 e. The first-order valence-electron chi connectivity index (χ1n) is 10.1. The van der Waals surface area contributed by atoms with Crippen molar-refractivity contribution < 1.29 is 14.6 Å². The van der Waals surface area contributed by atoms with Crippen LogP contribution in [-0.4, -0.2) is 47.8 Å². The maximum Gasteiger partial charge on any atom is 0.407 e. The number of nitrogens with two attached hydrogens (primary N) is 1. The molecule has 2 aliphatic rings. The summed E-state index contributed by atoms with van der Waals surface area (Å²) < 4.78 is 5.37. The third-order valence-electron chi connectivity index (χ3n) is 6.03. The fraction of sp³-hybridized carbons (Fsp3) is 0.348. The molecule has 2 heterocycles. The number of carbonyl (C=O) groups is 1. The Hall–Kier alpha value is -3.35. The normalized spacial score (nSPS) is 21.9. The Morgan fingerprint density at radius 1 is 1.13 bits per heavy atom. The van der Waals surface area contributed by atoms with Gasteiger partial charge in [0, 0.05) is 24.6 Å². The maximum absolute atomic E-state index is 11.3. The zero-order valence-corrected chi connectivity index (χ0v) is 17.2. The van der Waals surface area contributed by atoms with Crippen molar-refractivity contribution in [1.29, 1.82) is 0 Å². The minimum Gasteiger partial charge on any atom is -0.497 e. The first-order chi connectivity index (χ1) is 14.4. The third kappa shape index (κ3) is 3.51. The lowest BCUT2D eigenvalue weighted by atomic mass is 9.79. The zero-order valence-electron chi connectivity index (χ0n) is 17.2. The summed E-state index contributed by atoms with van der Waals surface area (Å²) >= 11 is 0. The Balaban J connectivity index is 1.74. The average Bonchev–Trinajstić information content (AvgIpc) is 3.09. The number of benzene rings is 2. The van der Waals surface area contributed by atoms with Crippen LogP contribution in [0.3, 0.4) is 0 Å². The van der Waals surface area contributed by atoms with Crippen molar-refractivity contribution in [3.05, 3.63) is 54.1 Å². The molecule has 0 saturated carbocycles. The molecule has 0 aliphatic carbocycles. The molecule has 156 valence electrons. The summed E-state index contributed by atoms with van der Waals surface area (Å²) in [5.74, 6) is 1.32. The number of amidine groups is 1. The zero-order chi connectivity index (χ0) is 21.3. The van der Waals surface area contributed by atoms with E-state index in [2.05, 4.69) is 12.1 Å². The van der Waals surface area contributed by atoms with Gasteiger partial charge in [-0.3, -0.25) is 4.99 Å². The Morgan fingerprint density at radius 2 is 1.80 bits per heavy atom. The van der Waals surface area contributed by atoms with Crippen LogP contribution in [0.4, 0.5) is 4.79 Å². The highest BCUT2D eigenvalue weighted by molar-refractivity contribution is 6.41. The van der Waals surface area contributed by atoms with E-state index < -0.39 is 11.8 Å². The van der Waals surface area contributed by atoms with Gasteiger partial charge in [-0.2, -0.15) is 0 Å². The SMILES string of the molecule is COc1cccc(-c2cccc(C3(C4CCN(C(=O)O)CC4)N=C(C)C(N)=N3)c2)c1. The van der Waals surface area contributed by atoms with Gasteiger partial charge >= 0.3 is 6.09 Å². The van der Waals surface area contributed by atoms with E-state index in [0.717, 1.165) is 28.2 Å². The van der Waals surface area contributed by atoms with Crippen LogP contribution in [0.5, 0.6) is 5.75 Å². The van der Waals surface area contributed by atoms with E-state index in [4.69, 9.17) is 20.5 Å². The molecule has 3 N–H and O–H groups in total. The molecule has 0 radical (unpaired) electrons. The molecule has 7 heteroatoms. The van der Waals surface area contributed by atoms with Crippen molar-refractivity contribution in [3.63, 3.8) is 0 Å². The van der Waals surface area contributed by atoms with Gasteiger partial charge in [0.15, 0.2) is 5.66 Å². The van der Waals surface area contributed by atoms with Gasteiger partial charge in [0.1, 0.15) is 11.6 Å². The smallest absolute Gasteiger partial charge is 0.407 e. The number of piperidine rings is 1. The number of rotatable bonds is 4. The maximum atomic E-state index is 11.3. The molecule has 0 spiro atoms. The predicted molar refractivity (Wildman–Crippen MR) is 117 cm³/mol. The van der Waals surface area contributed by atoms with E-state index in [1.165, 1.54) is 4.90 Å². The number of carboxylic acid groups (broad SMARTS) is 1. The molecule has 0 bridgehead atoms. The van der Waals surface area contributed by atoms with Gasteiger partial charge < -0.3 is 20.5 Å². The quantitative estimate of drug-likeness (QED) is 0.808. The minimum atomic E-state index is -0.878. The minimum absolute atomic E-state index is 0.0738. The van der Waals surface area contributed by atoms with Gasteiger partial charge in [-0.05, 0) is 49.1 Å². The van der Waals surface area contributed by atoms with Crippen LogP contribution in [0.15, 0.2) is 58.5 Å². The Labute approximate surface area is 175 Å². The fourth-order valence-electron chi connectivity index (χ4n) is 4.35. The van der Waals surface area contributed by atoms with Gasteiger partial charge in [-0.1, -0.05) is 30.3 Å². The highest BCUT2D eigenvalue weighted by Crippen LogP contribution is 2.44. The number of likely N-dealkylation sites (tertiary alicyclic amines) is 1. The Bertz CT molecular complexity index is 1000. The number of hydrogen-bond acceptors (Lipinski definition) is 5. The summed E-state index contributed by atoms with van der Waals surface area (Å²) in [6.45, 7) is 2.82. The Kier molecular flexibility index (Phi) is 5.20. The molecular weight excluding hydrogens is 380 g/mol. The molecule has 1 atom stereocenters. The van der Waals surface area contributed by atoms with E-state index in [-0.39, 0.29) is 5.92 Å². The molecule has 1 saturated heterocycles. The van der Waals surface area contributed by atoms with Crippen molar-refractivity contribution >= 4 is 17.6 Å². The van der Waals surface area contributed by atoms with Gasteiger partial charge in [0.25, 0.3) is 0 Å². The monoisotopic (exact) mass is 406 g/mol. The summed E-state index contributed by atoms with van der Waals surface area (Å²) in [7, 11) is 1.65. The van der Waals surface area contributed by atoms with Crippen LogP contribution in [-0.2, 0) is 5.66 Å². The lowest BCUT2D eigenvalue weighted by Crippen LogP contribution is -2.43. The predicted octanol–water partition coefficient (Wildman–Crippen LogP) is 3.74. The standard InChI is InChI=1S/C23H26N4O3/c1-15-21(24)26-23(25-15,18-9-11-27(12-10-18)22(28)29)19-7-3-5-16(13-19)17-6-4-8-20(14-17)30-2/h3-8,13-14,18H,9-12H2,1-2H3,(H2,24,26)(H,28,29). The van der Waals surface area contributed by atoms with Crippen LogP contribution < -0.4 is 10.5 Å². The second-order valence-electron chi connectivity index (χ2n) is 7.78. The fourth-order valence-corrected chi connectivity index (χ4v) is 4.35. The first kappa shape index (κ1) is 19.9. The molecule has 1 fully saturated rings. The van der Waals surface area contributed by atoms with E-state index in [0.29, 0.717) is 31.8 Å². The first-order valence-corrected chi connectivity index (χ1v) is 10.1. The van der Waals surface area contributed by atoms with Crippen LogP contribution in [0.25, 0.3) is 11.1 Å². The van der Waals surface area contributed by atoms with Crippen molar-refractivity contribution in [2.24, 2.45) is 21.6 Å². The Morgan fingerprint density at radius 3 is 2.40 bits per heavy atom. The molecule has 7 nitrogen and oxygen atoms in total. The molecular formula is C23H26N4O3. The average molecular weight is 406 g/mol. The van der Waals surface area contributed by atoms with Gasteiger partial charge in [0.2, 0.25) is 0 Å². The summed E-state index contributed by atoms with van der Waals surface area (Å²) in [5, 5.41) is 9.30. The molecule has 30 heavy (non-hydrogen) atoms. The van der Waals surface area contributed by atoms with Gasteiger partial charge in [-0.25, -0.2) is 9.79 Å². The molecule has 2 aliphatic heterocycles. The molecule has 4 rings (SSSR count). The van der Waals surface area contributed by atoms with Crippen LogP contribution in [0, 0.1) is 5.92 Å². The summed E-state index contributed by atoms with van der Waals surface area (Å²) in [6, 6.07) is 16.1. The molecule has 2 aromatic rings. The van der Waals surface area contributed by atoms with Gasteiger partial charge in [0.05, 0.1) is 12.8 Å². The molecule has 0 aromatic heterocycles. The second-order valence-corrected chi connectivity index (χ2v) is 7.78. The highest BCUT2D eigenvalue weighted by atomic mass is 16.5. The molecule has 2 aromatic carbocycles. The number of aliphatic imine (C=N–C) groups is 2. The number of amides is 1. The van der Waals surface area contributed by atoms with Crippen molar-refractivity contribution in [2.75, 3.05) is 20.2 Å². The number of hydrogen-bond donors (Lipinski definition) is 2. The number of methoxy groups -OCH3 is 1. The van der Waals surface area contributed by atoms with E-state index in [1.807, 2.05) is 43.3 Å². The van der Waals surface area contributed by atoms with Crippen LogP contribution in [0.1, 0.15) is 25.3 Å². The highest BCUT2D eigenvalue weighted by Gasteiger charge is 2.45.